The first-order valence-corrected chi connectivity index (χ1v) is 20.8. The van der Waals surface area contributed by atoms with Crippen LogP contribution in [0.2, 0.25) is 0 Å². The Morgan fingerprint density at radius 1 is 0.550 bits per heavy atom. The maximum absolute atomic E-state index is 6.28. The fourth-order valence-corrected chi connectivity index (χ4v) is 9.45. The zero-order valence-corrected chi connectivity index (χ0v) is 35.6. The molecule has 60 heavy (non-hydrogen) atoms. The summed E-state index contributed by atoms with van der Waals surface area (Å²) in [4.78, 5) is 2.53. The van der Waals surface area contributed by atoms with Crippen molar-refractivity contribution in [2.75, 3.05) is 11.4 Å². The van der Waals surface area contributed by atoms with E-state index in [-0.39, 0.29) is 0 Å². The van der Waals surface area contributed by atoms with E-state index in [4.69, 9.17) is 10.8 Å². The Hall–Kier alpha value is -6.63. The lowest BCUT2D eigenvalue weighted by atomic mass is 9.64. The van der Waals surface area contributed by atoms with Crippen LogP contribution in [0.25, 0.3) is 71.3 Å². The molecule has 0 fully saturated rings. The van der Waals surface area contributed by atoms with Gasteiger partial charge in [0.15, 0.2) is 7.85 Å². The lowest BCUT2D eigenvalue weighted by Crippen LogP contribution is -2.47. The van der Waals surface area contributed by atoms with Gasteiger partial charge >= 0.3 is 0 Å². The second kappa shape index (κ2) is 15.9. The molecule has 9 aromatic rings. The van der Waals surface area contributed by atoms with Crippen molar-refractivity contribution in [3.05, 3.63) is 174 Å². The van der Waals surface area contributed by atoms with Crippen LogP contribution in [0.5, 0.6) is 0 Å². The number of terminal acetylenes is 1. The highest BCUT2D eigenvalue weighted by atomic mass is 16.3. The van der Waals surface area contributed by atoms with Crippen molar-refractivity contribution in [2.45, 2.75) is 0 Å². The van der Waals surface area contributed by atoms with Crippen molar-refractivity contribution >= 4 is 137 Å². The normalized spacial score (nSPS) is 12.4. The maximum atomic E-state index is 6.28. The highest BCUT2D eigenvalue weighted by Crippen LogP contribution is 2.38. The van der Waals surface area contributed by atoms with Crippen LogP contribution in [0.3, 0.4) is 0 Å². The predicted octanol–water partition coefficient (Wildman–Crippen LogP) is 3.55. The molecule has 0 bridgehead atoms. The SMILES string of the molecule is B/C(CN(c1ccc(-c2cccc3oc4ccccc4c23)cc1)c1c(B)c(B)c(-c2cccc3ccccc23)c(B)c1B)=C(B)/C(=C(/B)C#C)c1cccc2ccccc12. The van der Waals surface area contributed by atoms with Gasteiger partial charge in [0, 0.05) is 28.7 Å². The Labute approximate surface area is 359 Å². The molecule has 9 rings (SSSR count). The molecule has 2 nitrogen and oxygen atoms in total. The van der Waals surface area contributed by atoms with E-state index in [1.807, 2.05) is 12.1 Å². The van der Waals surface area contributed by atoms with Gasteiger partial charge in [0.1, 0.15) is 58.2 Å². The second-order valence-corrected chi connectivity index (χ2v) is 16.2. The van der Waals surface area contributed by atoms with Crippen LogP contribution in [0.1, 0.15) is 5.56 Å². The lowest BCUT2D eigenvalue weighted by molar-refractivity contribution is 0.669. The Morgan fingerprint density at radius 3 is 1.80 bits per heavy atom. The molecular weight excluding hydrogens is 718 g/mol. The molecule has 0 saturated carbocycles. The molecule has 0 radical (unpaired) electrons. The molecule has 0 saturated heterocycles. The Balaban J connectivity index is 1.22. The Morgan fingerprint density at radius 2 is 1.10 bits per heavy atom. The number of rotatable bonds is 8. The van der Waals surface area contributed by atoms with Gasteiger partial charge in [0.05, 0.1) is 0 Å². The number of allylic oxidation sites excluding steroid dienone is 3. The predicted molar refractivity (Wildman–Crippen MR) is 281 cm³/mol. The molecule has 0 amide bonds. The summed E-state index contributed by atoms with van der Waals surface area (Å²) < 4.78 is 6.28. The first kappa shape index (κ1) is 38.9. The first-order chi connectivity index (χ1) is 29.2. The van der Waals surface area contributed by atoms with Crippen LogP contribution in [0.15, 0.2) is 172 Å². The van der Waals surface area contributed by atoms with Gasteiger partial charge in [0.2, 0.25) is 0 Å². The van der Waals surface area contributed by atoms with Gasteiger partial charge in [-0.3, -0.25) is 0 Å². The summed E-state index contributed by atoms with van der Waals surface area (Å²) in [5, 5.41) is 7.20. The van der Waals surface area contributed by atoms with Gasteiger partial charge in [-0.25, -0.2) is 0 Å². The zero-order chi connectivity index (χ0) is 41.7. The molecule has 0 N–H and O–H groups in total. The molecule has 0 aliphatic rings. The second-order valence-electron chi connectivity index (χ2n) is 16.2. The average molecular weight is 761 g/mol. The summed E-state index contributed by atoms with van der Waals surface area (Å²) in [5.74, 6) is 3.02. The van der Waals surface area contributed by atoms with Crippen molar-refractivity contribution in [3.63, 3.8) is 0 Å². The topological polar surface area (TPSA) is 16.4 Å². The lowest BCUT2D eigenvalue weighted by Gasteiger charge is -2.34. The van der Waals surface area contributed by atoms with E-state index in [0.717, 1.165) is 55.4 Å². The fourth-order valence-electron chi connectivity index (χ4n) is 9.45. The summed E-state index contributed by atoms with van der Waals surface area (Å²) in [7, 11) is 15.8. The van der Waals surface area contributed by atoms with E-state index >= 15 is 0 Å². The third kappa shape index (κ3) is 6.62. The van der Waals surface area contributed by atoms with Crippen molar-refractivity contribution in [3.8, 4) is 34.6 Å². The molecule has 0 aliphatic heterocycles. The quantitative estimate of drug-likeness (QED) is 0.134. The number of para-hydroxylation sites is 1. The standard InChI is InChI=1S/C51H42B7NO/c1-2-39(52)44(36-20-9-14-29-12-3-5-16-33(29)36)46(54)40(53)28-59(32-26-24-31(25-27-32)35-19-11-23-42-43(35)38-18-7-8-22-41(38)60-42)51-49(57)47(55)45(48(56)50(51)58)37-21-10-15-30-13-4-6-17-34(30)37/h1,3-27H,28,52-58H2/b44-39+,46-40-. The number of nitrogens with zero attached hydrogens (tertiary/aromatic N) is 1. The van der Waals surface area contributed by atoms with Crippen LogP contribution >= 0.6 is 0 Å². The van der Waals surface area contributed by atoms with Gasteiger partial charge in [-0.2, -0.15) is 0 Å². The van der Waals surface area contributed by atoms with Crippen molar-refractivity contribution in [1.29, 1.82) is 0 Å². The van der Waals surface area contributed by atoms with E-state index < -0.39 is 0 Å². The number of fused-ring (bicyclic) bond motifs is 5. The monoisotopic (exact) mass is 761 g/mol. The minimum atomic E-state index is 0.674. The highest BCUT2D eigenvalue weighted by molar-refractivity contribution is 6.63. The molecule has 0 unspecified atom stereocenters. The summed E-state index contributed by atoms with van der Waals surface area (Å²) in [6, 6.07) is 54.3. The molecule has 9 heteroatoms. The maximum Gasteiger partial charge on any atom is 0.151 e. The number of benzene rings is 8. The molecule has 1 aromatic heterocycles. The molecule has 0 spiro atoms. The van der Waals surface area contributed by atoms with E-state index in [2.05, 4.69) is 205 Å². The molecular formula is C51H42B7NO. The minimum Gasteiger partial charge on any atom is -0.456 e. The van der Waals surface area contributed by atoms with Crippen LogP contribution in [0.4, 0.5) is 11.4 Å². The highest BCUT2D eigenvalue weighted by Gasteiger charge is 2.23. The molecule has 1 heterocycles. The third-order valence-electron chi connectivity index (χ3n) is 12.9. The van der Waals surface area contributed by atoms with E-state index in [0.29, 0.717) is 6.54 Å². The third-order valence-corrected chi connectivity index (χ3v) is 12.9. The Bertz CT molecular complexity index is 3240. The molecule has 0 aliphatic carbocycles. The van der Waals surface area contributed by atoms with Crippen molar-refractivity contribution in [2.24, 2.45) is 0 Å². The van der Waals surface area contributed by atoms with E-state index in [9.17, 15) is 0 Å². The van der Waals surface area contributed by atoms with E-state index in [1.54, 1.807) is 0 Å². The van der Waals surface area contributed by atoms with Crippen LogP contribution < -0.4 is 26.8 Å². The van der Waals surface area contributed by atoms with Gasteiger partial charge in [0.25, 0.3) is 0 Å². The smallest absolute Gasteiger partial charge is 0.151 e. The zero-order valence-electron chi connectivity index (χ0n) is 35.6. The summed E-state index contributed by atoms with van der Waals surface area (Å²) in [6.45, 7) is 0.674. The fraction of sp³-hybridized carbons (Fsp3) is 0.0196. The summed E-state index contributed by atoms with van der Waals surface area (Å²) in [6.07, 6.45) is 6.22. The van der Waals surface area contributed by atoms with Gasteiger partial charge < -0.3 is 9.32 Å². The first-order valence-electron chi connectivity index (χ1n) is 20.8. The minimum absolute atomic E-state index is 0.674. The van der Waals surface area contributed by atoms with Crippen molar-refractivity contribution in [1.82, 2.24) is 0 Å². The number of hydrogen-bond acceptors (Lipinski definition) is 2. The average Bonchev–Trinajstić information content (AvgIpc) is 3.67. The summed E-state index contributed by atoms with van der Waals surface area (Å²) in [5.41, 5.74) is 19.9. The van der Waals surface area contributed by atoms with Crippen LogP contribution in [0, 0.1) is 12.3 Å². The largest absolute Gasteiger partial charge is 0.456 e. The van der Waals surface area contributed by atoms with Crippen LogP contribution in [-0.4, -0.2) is 61.5 Å². The van der Waals surface area contributed by atoms with Gasteiger partial charge in [-0.15, -0.1) is 6.42 Å². The van der Waals surface area contributed by atoms with Gasteiger partial charge in [-0.05, 0) is 84.7 Å². The Kier molecular flexibility index (Phi) is 10.3. The van der Waals surface area contributed by atoms with Crippen LogP contribution in [-0.2, 0) is 0 Å². The van der Waals surface area contributed by atoms with E-state index in [1.165, 1.54) is 71.2 Å². The number of hydrogen-bond donors (Lipinski definition) is 0. The van der Waals surface area contributed by atoms with Gasteiger partial charge in [-0.1, -0.05) is 166 Å². The van der Waals surface area contributed by atoms with Crippen molar-refractivity contribution < 1.29 is 4.42 Å². The molecule has 8 aromatic carbocycles. The number of furan rings is 1. The molecule has 0 atom stereocenters. The number of anilines is 2. The summed E-state index contributed by atoms with van der Waals surface area (Å²) >= 11 is 0. The molecule has 278 valence electrons.